The number of likely N-dealkylation sites (N-methyl/N-ethyl adjacent to an activating group) is 1. The number of rotatable bonds is 7. The summed E-state index contributed by atoms with van der Waals surface area (Å²) in [6.45, 7) is 6.39. The van der Waals surface area contributed by atoms with Gasteiger partial charge in [0.15, 0.2) is 0 Å². The van der Waals surface area contributed by atoms with Crippen molar-refractivity contribution in [1.82, 2.24) is 20.3 Å². The number of piperazine rings is 1. The van der Waals surface area contributed by atoms with Gasteiger partial charge in [-0.2, -0.15) is 0 Å². The first-order chi connectivity index (χ1) is 13.0. The molecule has 7 heteroatoms. The fourth-order valence-corrected chi connectivity index (χ4v) is 3.36. The van der Waals surface area contributed by atoms with Gasteiger partial charge >= 0.3 is 0 Å². The molecule has 1 aliphatic rings. The number of methoxy groups -OCH3 is 1. The lowest BCUT2D eigenvalue weighted by Crippen LogP contribution is -2.48. The monoisotopic (exact) mass is 372 g/mol. The van der Waals surface area contributed by atoms with Gasteiger partial charge in [0.25, 0.3) is 0 Å². The molecule has 2 heterocycles. The first-order valence-electron chi connectivity index (χ1n) is 9.30. The minimum Gasteiger partial charge on any atom is -0.497 e. The highest BCUT2D eigenvalue weighted by Crippen LogP contribution is 2.24. The maximum atomic E-state index is 12.4. The molecule has 1 aromatic heterocycles. The van der Waals surface area contributed by atoms with Crippen LogP contribution in [0.5, 0.6) is 5.75 Å². The van der Waals surface area contributed by atoms with Gasteiger partial charge in [-0.3, -0.25) is 9.69 Å². The maximum Gasteiger partial charge on any atom is 0.226 e. The summed E-state index contributed by atoms with van der Waals surface area (Å²) >= 11 is 0. The molecule has 1 N–H and O–H groups in total. The highest BCUT2D eigenvalue weighted by Gasteiger charge is 2.24. The number of amides is 1. The third-order valence-electron chi connectivity index (χ3n) is 4.99. The molecule has 27 heavy (non-hydrogen) atoms. The molecule has 3 rings (SSSR count). The topological polar surface area (TPSA) is 70.8 Å². The predicted octanol–water partition coefficient (Wildman–Crippen LogP) is 1.64. The number of nitrogens with zero attached hydrogens (tertiary/aromatic N) is 3. The summed E-state index contributed by atoms with van der Waals surface area (Å²) in [5.74, 6) is 1.50. The molecule has 0 bridgehead atoms. The largest absolute Gasteiger partial charge is 0.497 e. The standard InChI is InChI=1S/C20H28N4O3/c1-15-12-17(22-27-15)13-20(25)21-14-19(24-10-8-23(2)9-11-24)16-4-6-18(26-3)7-5-16/h4-7,12,19H,8-11,13-14H2,1-3H3,(H,21,25). The highest BCUT2D eigenvalue weighted by molar-refractivity contribution is 5.78. The number of aromatic nitrogens is 1. The number of nitrogens with one attached hydrogen (secondary N) is 1. The number of ether oxygens (including phenoxy) is 1. The summed E-state index contributed by atoms with van der Waals surface area (Å²) in [6.07, 6.45) is 0.232. The van der Waals surface area contributed by atoms with Crippen LogP contribution < -0.4 is 10.1 Å². The van der Waals surface area contributed by atoms with E-state index < -0.39 is 0 Å². The summed E-state index contributed by atoms with van der Waals surface area (Å²) in [6, 6.07) is 10.0. The van der Waals surface area contributed by atoms with Crippen LogP contribution >= 0.6 is 0 Å². The van der Waals surface area contributed by atoms with Gasteiger partial charge in [-0.05, 0) is 31.7 Å². The molecule has 2 aromatic rings. The van der Waals surface area contributed by atoms with Crippen LogP contribution in [0, 0.1) is 6.92 Å². The average Bonchev–Trinajstić information content (AvgIpc) is 3.08. The van der Waals surface area contributed by atoms with Crippen molar-refractivity contribution >= 4 is 5.91 Å². The Morgan fingerprint density at radius 1 is 1.26 bits per heavy atom. The second kappa shape index (κ2) is 9.01. The minimum absolute atomic E-state index is 0.0454. The van der Waals surface area contributed by atoms with E-state index in [2.05, 4.69) is 39.5 Å². The molecule has 0 aliphatic carbocycles. The van der Waals surface area contributed by atoms with Crippen molar-refractivity contribution < 1.29 is 14.1 Å². The van der Waals surface area contributed by atoms with E-state index in [0.717, 1.165) is 31.9 Å². The van der Waals surface area contributed by atoms with E-state index in [9.17, 15) is 4.79 Å². The van der Waals surface area contributed by atoms with E-state index in [4.69, 9.17) is 9.26 Å². The summed E-state index contributed by atoms with van der Waals surface area (Å²) < 4.78 is 10.3. The average molecular weight is 372 g/mol. The van der Waals surface area contributed by atoms with Crippen LogP contribution in [-0.2, 0) is 11.2 Å². The van der Waals surface area contributed by atoms with E-state index in [1.807, 2.05) is 19.1 Å². The highest BCUT2D eigenvalue weighted by atomic mass is 16.5. The van der Waals surface area contributed by atoms with Crippen LogP contribution in [0.3, 0.4) is 0 Å². The molecule has 7 nitrogen and oxygen atoms in total. The van der Waals surface area contributed by atoms with Crippen LogP contribution in [0.25, 0.3) is 0 Å². The molecule has 0 spiro atoms. The van der Waals surface area contributed by atoms with Crippen molar-refractivity contribution in [2.45, 2.75) is 19.4 Å². The normalized spacial score (nSPS) is 16.9. The van der Waals surface area contributed by atoms with Gasteiger partial charge in [-0.25, -0.2) is 0 Å². The van der Waals surface area contributed by atoms with Crippen molar-refractivity contribution in [3.8, 4) is 5.75 Å². The predicted molar refractivity (Wildman–Crippen MR) is 103 cm³/mol. The summed E-state index contributed by atoms with van der Waals surface area (Å²) in [5.41, 5.74) is 1.84. The number of aryl methyl sites for hydroxylation is 1. The van der Waals surface area contributed by atoms with Crippen LogP contribution in [-0.4, -0.2) is 67.7 Å². The summed E-state index contributed by atoms with van der Waals surface area (Å²) in [4.78, 5) is 17.1. The van der Waals surface area contributed by atoms with Crippen molar-refractivity contribution in [3.63, 3.8) is 0 Å². The molecule has 146 valence electrons. The lowest BCUT2D eigenvalue weighted by molar-refractivity contribution is -0.120. The van der Waals surface area contributed by atoms with Gasteiger partial charge < -0.3 is 19.5 Å². The van der Waals surface area contributed by atoms with Crippen molar-refractivity contribution in [2.75, 3.05) is 46.9 Å². The summed E-state index contributed by atoms with van der Waals surface area (Å²) in [7, 11) is 3.81. The second-order valence-electron chi connectivity index (χ2n) is 7.04. The Hall–Kier alpha value is -2.38. The molecular formula is C20H28N4O3. The smallest absolute Gasteiger partial charge is 0.226 e. The summed E-state index contributed by atoms with van der Waals surface area (Å²) in [5, 5.41) is 6.96. The van der Waals surface area contributed by atoms with Gasteiger partial charge in [-0.1, -0.05) is 17.3 Å². The minimum atomic E-state index is -0.0454. The number of carbonyl (C=O) groups is 1. The van der Waals surface area contributed by atoms with Crippen molar-refractivity contribution in [1.29, 1.82) is 0 Å². The molecule has 1 aliphatic heterocycles. The third kappa shape index (κ3) is 5.30. The lowest BCUT2D eigenvalue weighted by atomic mass is 10.0. The Morgan fingerprint density at radius 3 is 2.56 bits per heavy atom. The van der Waals surface area contributed by atoms with Gasteiger partial charge in [0.2, 0.25) is 5.91 Å². The molecule has 1 fully saturated rings. The molecule has 1 saturated heterocycles. The maximum absolute atomic E-state index is 12.4. The van der Waals surface area contributed by atoms with Crippen LogP contribution in [0.1, 0.15) is 23.1 Å². The SMILES string of the molecule is COc1ccc(C(CNC(=O)Cc2cc(C)on2)N2CCN(C)CC2)cc1. The van der Waals surface area contributed by atoms with E-state index in [1.54, 1.807) is 13.2 Å². The van der Waals surface area contributed by atoms with Gasteiger partial charge in [0.1, 0.15) is 11.5 Å². The lowest BCUT2D eigenvalue weighted by Gasteiger charge is -2.38. The van der Waals surface area contributed by atoms with E-state index in [0.29, 0.717) is 18.0 Å². The zero-order valence-electron chi connectivity index (χ0n) is 16.3. The quantitative estimate of drug-likeness (QED) is 0.797. The Balaban J connectivity index is 1.66. The number of hydrogen-bond acceptors (Lipinski definition) is 6. The Bertz CT molecular complexity index is 736. The number of benzene rings is 1. The van der Waals surface area contributed by atoms with Crippen LogP contribution in [0.4, 0.5) is 0 Å². The molecule has 0 saturated carbocycles. The molecule has 1 amide bonds. The molecule has 1 unspecified atom stereocenters. The van der Waals surface area contributed by atoms with E-state index in [-0.39, 0.29) is 18.4 Å². The first-order valence-corrected chi connectivity index (χ1v) is 9.30. The first kappa shape index (κ1) is 19.4. The third-order valence-corrected chi connectivity index (χ3v) is 4.99. The molecule has 1 aromatic carbocycles. The number of carbonyl (C=O) groups excluding carboxylic acids is 1. The molecular weight excluding hydrogens is 344 g/mol. The Morgan fingerprint density at radius 2 is 1.96 bits per heavy atom. The zero-order chi connectivity index (χ0) is 19.2. The van der Waals surface area contributed by atoms with Crippen molar-refractivity contribution in [2.24, 2.45) is 0 Å². The fraction of sp³-hybridized carbons (Fsp3) is 0.500. The fourth-order valence-electron chi connectivity index (χ4n) is 3.36. The Labute approximate surface area is 160 Å². The zero-order valence-corrected chi connectivity index (χ0v) is 16.3. The van der Waals surface area contributed by atoms with Crippen LogP contribution in [0.2, 0.25) is 0 Å². The Kier molecular flexibility index (Phi) is 6.47. The molecule has 1 atom stereocenters. The van der Waals surface area contributed by atoms with E-state index in [1.165, 1.54) is 5.56 Å². The molecule has 0 radical (unpaired) electrons. The van der Waals surface area contributed by atoms with Gasteiger partial charge in [0.05, 0.1) is 25.3 Å². The van der Waals surface area contributed by atoms with Gasteiger partial charge in [-0.15, -0.1) is 0 Å². The van der Waals surface area contributed by atoms with Crippen molar-refractivity contribution in [3.05, 3.63) is 47.3 Å². The number of hydrogen-bond donors (Lipinski definition) is 1. The van der Waals surface area contributed by atoms with Crippen LogP contribution in [0.15, 0.2) is 34.9 Å². The second-order valence-corrected chi connectivity index (χ2v) is 7.04. The van der Waals surface area contributed by atoms with Gasteiger partial charge in [0, 0.05) is 38.8 Å². The van der Waals surface area contributed by atoms with E-state index >= 15 is 0 Å².